The zero-order chi connectivity index (χ0) is 19.1. The smallest absolute Gasteiger partial charge is 0.289 e. The molecule has 0 bridgehead atoms. The fourth-order valence-electron chi connectivity index (χ4n) is 3.06. The molecule has 0 saturated carbocycles. The minimum Gasteiger partial charge on any atom is -0.492 e. The van der Waals surface area contributed by atoms with Gasteiger partial charge in [0, 0.05) is 25.6 Å². The summed E-state index contributed by atoms with van der Waals surface area (Å²) in [6, 6.07) is 10.7. The van der Waals surface area contributed by atoms with Crippen LogP contribution in [-0.4, -0.2) is 42.5 Å². The first-order valence-electron chi connectivity index (χ1n) is 9.13. The van der Waals surface area contributed by atoms with Gasteiger partial charge in [0.1, 0.15) is 5.75 Å². The standard InChI is InChI=1S/C20H23ClN2O4/c21-16-5-1-2-6-17(16)26-14-4-8-19(24)22-15-9-11-23(12-10-15)20(25)18-7-3-13-27-18/h1-3,5-7,13,15H,4,8-12,14H2,(H,22,24). The molecule has 3 rings (SSSR count). The Morgan fingerprint density at radius 2 is 1.96 bits per heavy atom. The molecule has 2 amide bonds. The number of nitrogens with one attached hydrogen (secondary N) is 1. The highest BCUT2D eigenvalue weighted by atomic mass is 35.5. The molecule has 1 aromatic carbocycles. The largest absolute Gasteiger partial charge is 0.492 e. The number of likely N-dealkylation sites (tertiary alicyclic amines) is 1. The molecular formula is C20H23ClN2O4. The highest BCUT2D eigenvalue weighted by molar-refractivity contribution is 6.32. The van der Waals surface area contributed by atoms with Crippen molar-refractivity contribution >= 4 is 23.4 Å². The predicted octanol–water partition coefficient (Wildman–Crippen LogP) is 3.51. The molecule has 0 unspecified atom stereocenters. The first kappa shape index (κ1) is 19.3. The molecule has 1 saturated heterocycles. The number of ether oxygens (including phenoxy) is 1. The monoisotopic (exact) mass is 390 g/mol. The third-order valence-corrected chi connectivity index (χ3v) is 4.83. The van der Waals surface area contributed by atoms with Crippen LogP contribution in [0.5, 0.6) is 5.75 Å². The zero-order valence-electron chi connectivity index (χ0n) is 15.0. The van der Waals surface area contributed by atoms with Gasteiger partial charge in [0.05, 0.1) is 17.9 Å². The van der Waals surface area contributed by atoms with E-state index in [1.165, 1.54) is 6.26 Å². The van der Waals surface area contributed by atoms with E-state index in [0.717, 1.165) is 12.8 Å². The summed E-state index contributed by atoms with van der Waals surface area (Å²) in [6.45, 7) is 1.66. The Labute approximate surface area is 163 Å². The second kappa shape index (κ2) is 9.46. The number of carbonyl (C=O) groups is 2. The van der Waals surface area contributed by atoms with Crippen LogP contribution in [0.15, 0.2) is 47.1 Å². The highest BCUT2D eigenvalue weighted by Crippen LogP contribution is 2.23. The summed E-state index contributed by atoms with van der Waals surface area (Å²) in [4.78, 5) is 26.1. The van der Waals surface area contributed by atoms with E-state index >= 15 is 0 Å². The number of benzene rings is 1. The number of piperidine rings is 1. The Bertz CT molecular complexity index is 755. The molecule has 6 nitrogen and oxygen atoms in total. The van der Waals surface area contributed by atoms with Crippen LogP contribution in [0.25, 0.3) is 0 Å². The van der Waals surface area contributed by atoms with Crippen molar-refractivity contribution in [2.24, 2.45) is 0 Å². The van der Waals surface area contributed by atoms with E-state index in [9.17, 15) is 9.59 Å². The van der Waals surface area contributed by atoms with Gasteiger partial charge in [-0.25, -0.2) is 0 Å². The van der Waals surface area contributed by atoms with E-state index < -0.39 is 0 Å². The molecule has 1 aromatic heterocycles. The second-order valence-corrected chi connectivity index (χ2v) is 6.90. The van der Waals surface area contributed by atoms with Gasteiger partial charge in [0.2, 0.25) is 5.91 Å². The zero-order valence-corrected chi connectivity index (χ0v) is 15.8. The third-order valence-electron chi connectivity index (χ3n) is 4.52. The molecule has 0 aliphatic carbocycles. The number of hydrogen-bond acceptors (Lipinski definition) is 4. The normalized spacial score (nSPS) is 14.8. The van der Waals surface area contributed by atoms with E-state index in [1.54, 1.807) is 29.2 Å². The van der Waals surface area contributed by atoms with E-state index in [2.05, 4.69) is 5.32 Å². The number of halogens is 1. The number of para-hydroxylation sites is 1. The Balaban J connectivity index is 1.32. The highest BCUT2D eigenvalue weighted by Gasteiger charge is 2.25. The van der Waals surface area contributed by atoms with Crippen LogP contribution in [0.1, 0.15) is 36.2 Å². The number of nitrogens with zero attached hydrogens (tertiary/aromatic N) is 1. The molecule has 27 heavy (non-hydrogen) atoms. The molecule has 1 aliphatic rings. The van der Waals surface area contributed by atoms with Crippen LogP contribution in [0.2, 0.25) is 5.02 Å². The first-order valence-corrected chi connectivity index (χ1v) is 9.51. The lowest BCUT2D eigenvalue weighted by Crippen LogP contribution is -2.46. The molecule has 7 heteroatoms. The molecule has 1 aliphatic heterocycles. The maximum atomic E-state index is 12.2. The van der Waals surface area contributed by atoms with E-state index in [1.807, 2.05) is 12.1 Å². The Morgan fingerprint density at radius 1 is 1.19 bits per heavy atom. The minimum absolute atomic E-state index is 0.00793. The molecule has 2 aromatic rings. The molecule has 1 N–H and O–H groups in total. The van der Waals surface area contributed by atoms with Gasteiger partial charge in [-0.1, -0.05) is 23.7 Å². The number of hydrogen-bond donors (Lipinski definition) is 1. The SMILES string of the molecule is O=C(CCCOc1ccccc1Cl)NC1CCN(C(=O)c2ccco2)CC1. The molecule has 0 atom stereocenters. The van der Waals surface area contributed by atoms with Gasteiger partial charge in [-0.05, 0) is 43.5 Å². The minimum atomic E-state index is -0.0958. The average Bonchev–Trinajstić information content (AvgIpc) is 3.21. The van der Waals surface area contributed by atoms with Crippen molar-refractivity contribution in [2.45, 2.75) is 31.7 Å². The average molecular weight is 391 g/mol. The molecule has 2 heterocycles. The van der Waals surface area contributed by atoms with Gasteiger partial charge >= 0.3 is 0 Å². The van der Waals surface area contributed by atoms with Gasteiger partial charge in [-0.2, -0.15) is 0 Å². The lowest BCUT2D eigenvalue weighted by atomic mass is 10.0. The van der Waals surface area contributed by atoms with Crippen molar-refractivity contribution in [3.8, 4) is 5.75 Å². The third kappa shape index (κ3) is 5.50. The molecule has 1 fully saturated rings. The van der Waals surface area contributed by atoms with Crippen molar-refractivity contribution in [3.05, 3.63) is 53.4 Å². The van der Waals surface area contributed by atoms with E-state index in [4.69, 9.17) is 20.8 Å². The molecular weight excluding hydrogens is 368 g/mol. The second-order valence-electron chi connectivity index (χ2n) is 6.49. The van der Waals surface area contributed by atoms with Crippen molar-refractivity contribution in [1.82, 2.24) is 10.2 Å². The summed E-state index contributed by atoms with van der Waals surface area (Å²) in [5.41, 5.74) is 0. The van der Waals surface area contributed by atoms with Crippen LogP contribution in [0.3, 0.4) is 0 Å². The summed E-state index contributed by atoms with van der Waals surface area (Å²) in [7, 11) is 0. The van der Waals surface area contributed by atoms with Crippen LogP contribution < -0.4 is 10.1 Å². The summed E-state index contributed by atoms with van der Waals surface area (Å²) in [5.74, 6) is 0.902. The van der Waals surface area contributed by atoms with Gasteiger partial charge in [-0.15, -0.1) is 0 Å². The van der Waals surface area contributed by atoms with Crippen LogP contribution in [0.4, 0.5) is 0 Å². The number of amides is 2. The summed E-state index contributed by atoms with van der Waals surface area (Å²) < 4.78 is 10.7. The van der Waals surface area contributed by atoms with E-state index in [-0.39, 0.29) is 17.9 Å². The van der Waals surface area contributed by atoms with Gasteiger partial charge in [0.25, 0.3) is 5.91 Å². The van der Waals surface area contributed by atoms with Crippen LogP contribution >= 0.6 is 11.6 Å². The number of furan rings is 1. The fraction of sp³-hybridized carbons (Fsp3) is 0.400. The van der Waals surface area contributed by atoms with Gasteiger partial charge in [-0.3, -0.25) is 9.59 Å². The Kier molecular flexibility index (Phi) is 6.76. The Morgan fingerprint density at radius 3 is 2.67 bits per heavy atom. The lowest BCUT2D eigenvalue weighted by Gasteiger charge is -2.31. The maximum absolute atomic E-state index is 12.2. The van der Waals surface area contributed by atoms with Crippen molar-refractivity contribution in [1.29, 1.82) is 0 Å². The summed E-state index contributed by atoms with van der Waals surface area (Å²) >= 11 is 6.02. The quantitative estimate of drug-likeness (QED) is 0.734. The van der Waals surface area contributed by atoms with Crippen LogP contribution in [-0.2, 0) is 4.79 Å². The van der Waals surface area contributed by atoms with Gasteiger partial charge in [0.15, 0.2) is 5.76 Å². The van der Waals surface area contributed by atoms with Gasteiger partial charge < -0.3 is 19.4 Å². The van der Waals surface area contributed by atoms with E-state index in [0.29, 0.717) is 49.1 Å². The summed E-state index contributed by atoms with van der Waals surface area (Å²) in [5, 5.41) is 3.61. The fourth-order valence-corrected chi connectivity index (χ4v) is 3.25. The molecule has 0 spiro atoms. The Hall–Kier alpha value is -2.47. The van der Waals surface area contributed by atoms with Crippen molar-refractivity contribution in [2.75, 3.05) is 19.7 Å². The first-order chi connectivity index (χ1) is 13.1. The van der Waals surface area contributed by atoms with Crippen molar-refractivity contribution < 1.29 is 18.7 Å². The van der Waals surface area contributed by atoms with Crippen LogP contribution in [0, 0.1) is 0 Å². The maximum Gasteiger partial charge on any atom is 0.289 e. The predicted molar refractivity (Wildman–Crippen MR) is 102 cm³/mol. The topological polar surface area (TPSA) is 71.8 Å². The van der Waals surface area contributed by atoms with Crippen molar-refractivity contribution in [3.63, 3.8) is 0 Å². The molecule has 144 valence electrons. The number of rotatable bonds is 7. The molecule has 0 radical (unpaired) electrons. The summed E-state index contributed by atoms with van der Waals surface area (Å²) in [6.07, 6.45) is 4.00. The number of carbonyl (C=O) groups excluding carboxylic acids is 2. The lowest BCUT2D eigenvalue weighted by molar-refractivity contribution is -0.122.